The molecule has 0 heterocycles. The second-order valence-electron chi connectivity index (χ2n) is 5.22. The summed E-state index contributed by atoms with van der Waals surface area (Å²) >= 11 is 0. The van der Waals surface area contributed by atoms with E-state index in [1.807, 2.05) is 0 Å². The fourth-order valence-electron chi connectivity index (χ4n) is 2.41. The van der Waals surface area contributed by atoms with Gasteiger partial charge in [0.25, 0.3) is 0 Å². The van der Waals surface area contributed by atoms with Gasteiger partial charge in [-0.3, -0.25) is 4.79 Å². The van der Waals surface area contributed by atoms with E-state index < -0.39 is 11.6 Å². The standard InChI is InChI=1S/C16H23F2NO/c1-2-3-12(8-9-19)4-7-15(20)10-13-5-6-14(17)11-16(13)18/h5-6,11-12H,2-4,7-10,19H2,1H3. The number of rotatable bonds is 9. The molecule has 0 radical (unpaired) electrons. The summed E-state index contributed by atoms with van der Waals surface area (Å²) in [6.45, 7) is 2.74. The number of benzene rings is 1. The summed E-state index contributed by atoms with van der Waals surface area (Å²) in [5.74, 6) is -0.810. The fraction of sp³-hybridized carbons (Fsp3) is 0.562. The van der Waals surface area contributed by atoms with E-state index in [1.54, 1.807) is 0 Å². The van der Waals surface area contributed by atoms with Gasteiger partial charge in [0.05, 0.1) is 0 Å². The Hall–Kier alpha value is -1.29. The second-order valence-corrected chi connectivity index (χ2v) is 5.22. The summed E-state index contributed by atoms with van der Waals surface area (Å²) in [4.78, 5) is 11.9. The van der Waals surface area contributed by atoms with E-state index in [2.05, 4.69) is 6.92 Å². The molecule has 0 bridgehead atoms. The number of hydrogen-bond donors (Lipinski definition) is 1. The Morgan fingerprint density at radius 2 is 2.00 bits per heavy atom. The van der Waals surface area contributed by atoms with Gasteiger partial charge in [0.1, 0.15) is 17.4 Å². The highest BCUT2D eigenvalue weighted by Gasteiger charge is 2.12. The molecule has 0 fully saturated rings. The van der Waals surface area contributed by atoms with Gasteiger partial charge in [-0.1, -0.05) is 25.8 Å². The largest absolute Gasteiger partial charge is 0.330 e. The van der Waals surface area contributed by atoms with Gasteiger partial charge in [-0.05, 0) is 36.9 Å². The van der Waals surface area contributed by atoms with Crippen LogP contribution in [-0.4, -0.2) is 12.3 Å². The maximum Gasteiger partial charge on any atom is 0.137 e. The fourth-order valence-corrected chi connectivity index (χ4v) is 2.41. The summed E-state index contributed by atoms with van der Waals surface area (Å²) in [6, 6.07) is 3.34. The van der Waals surface area contributed by atoms with Crippen LogP contribution in [0.1, 0.15) is 44.6 Å². The average Bonchev–Trinajstić information content (AvgIpc) is 2.40. The molecule has 1 rings (SSSR count). The minimum Gasteiger partial charge on any atom is -0.330 e. The van der Waals surface area contributed by atoms with Crippen LogP contribution >= 0.6 is 0 Å². The summed E-state index contributed by atoms with van der Waals surface area (Å²) < 4.78 is 26.2. The predicted molar refractivity (Wildman–Crippen MR) is 76.4 cm³/mol. The molecule has 0 saturated heterocycles. The first kappa shape index (κ1) is 16.8. The zero-order valence-electron chi connectivity index (χ0n) is 12.0. The van der Waals surface area contributed by atoms with Gasteiger partial charge in [-0.2, -0.15) is 0 Å². The van der Waals surface area contributed by atoms with E-state index >= 15 is 0 Å². The zero-order valence-corrected chi connectivity index (χ0v) is 12.0. The quantitative estimate of drug-likeness (QED) is 0.752. The Kier molecular flexibility index (Phi) is 7.37. The molecule has 0 saturated carbocycles. The highest BCUT2D eigenvalue weighted by molar-refractivity contribution is 5.80. The van der Waals surface area contributed by atoms with E-state index in [4.69, 9.17) is 5.73 Å². The van der Waals surface area contributed by atoms with Crippen molar-refractivity contribution < 1.29 is 13.6 Å². The topological polar surface area (TPSA) is 43.1 Å². The number of Topliss-reactive ketones (excluding diaryl/α,β-unsaturated/α-hetero) is 1. The maximum atomic E-state index is 13.4. The van der Waals surface area contributed by atoms with Gasteiger partial charge in [-0.25, -0.2) is 8.78 Å². The Morgan fingerprint density at radius 1 is 1.25 bits per heavy atom. The summed E-state index contributed by atoms with van der Waals surface area (Å²) in [6.07, 6.45) is 4.33. The summed E-state index contributed by atoms with van der Waals surface area (Å²) in [5, 5.41) is 0. The molecular formula is C16H23F2NO. The molecule has 4 heteroatoms. The minimum atomic E-state index is -0.648. The van der Waals surface area contributed by atoms with Crippen LogP contribution in [0.15, 0.2) is 18.2 Å². The van der Waals surface area contributed by atoms with Crippen LogP contribution in [0.4, 0.5) is 8.78 Å². The zero-order chi connectivity index (χ0) is 15.0. The van der Waals surface area contributed by atoms with E-state index in [-0.39, 0.29) is 17.8 Å². The lowest BCUT2D eigenvalue weighted by Gasteiger charge is -2.14. The molecule has 0 aliphatic carbocycles. The maximum absolute atomic E-state index is 13.4. The molecule has 1 atom stereocenters. The van der Waals surface area contributed by atoms with Crippen molar-refractivity contribution >= 4 is 5.78 Å². The first-order valence-corrected chi connectivity index (χ1v) is 7.22. The van der Waals surface area contributed by atoms with Crippen molar-refractivity contribution in [1.29, 1.82) is 0 Å². The molecule has 20 heavy (non-hydrogen) atoms. The molecule has 2 nitrogen and oxygen atoms in total. The number of halogens is 2. The van der Waals surface area contributed by atoms with E-state index in [0.717, 1.165) is 31.7 Å². The monoisotopic (exact) mass is 283 g/mol. The average molecular weight is 283 g/mol. The molecule has 0 aromatic heterocycles. The SMILES string of the molecule is CCCC(CCN)CCC(=O)Cc1ccc(F)cc1F. The van der Waals surface area contributed by atoms with Crippen molar-refractivity contribution in [3.8, 4) is 0 Å². The smallest absolute Gasteiger partial charge is 0.137 e. The van der Waals surface area contributed by atoms with Crippen molar-refractivity contribution in [1.82, 2.24) is 0 Å². The van der Waals surface area contributed by atoms with Crippen LogP contribution in [0.5, 0.6) is 0 Å². The lowest BCUT2D eigenvalue weighted by molar-refractivity contribution is -0.118. The molecule has 1 aromatic carbocycles. The molecule has 112 valence electrons. The molecule has 1 aromatic rings. The van der Waals surface area contributed by atoms with Crippen LogP contribution in [0, 0.1) is 17.6 Å². The van der Waals surface area contributed by atoms with Gasteiger partial charge in [-0.15, -0.1) is 0 Å². The molecule has 0 aliphatic heterocycles. The van der Waals surface area contributed by atoms with Crippen molar-refractivity contribution in [3.63, 3.8) is 0 Å². The van der Waals surface area contributed by atoms with Crippen LogP contribution in [0.25, 0.3) is 0 Å². The van der Waals surface area contributed by atoms with Crippen molar-refractivity contribution in [2.75, 3.05) is 6.54 Å². The van der Waals surface area contributed by atoms with E-state index in [1.165, 1.54) is 12.1 Å². The van der Waals surface area contributed by atoms with Gasteiger partial charge < -0.3 is 5.73 Å². The van der Waals surface area contributed by atoms with Crippen LogP contribution < -0.4 is 5.73 Å². The molecule has 0 spiro atoms. The van der Waals surface area contributed by atoms with Crippen molar-refractivity contribution in [2.45, 2.75) is 45.4 Å². The highest BCUT2D eigenvalue weighted by Crippen LogP contribution is 2.18. The van der Waals surface area contributed by atoms with Crippen LogP contribution in [-0.2, 0) is 11.2 Å². The predicted octanol–water partition coefficient (Wildman–Crippen LogP) is 3.62. The number of hydrogen-bond acceptors (Lipinski definition) is 2. The lowest BCUT2D eigenvalue weighted by atomic mass is 9.92. The molecule has 0 amide bonds. The third-order valence-electron chi connectivity index (χ3n) is 3.51. The van der Waals surface area contributed by atoms with Crippen molar-refractivity contribution in [3.05, 3.63) is 35.4 Å². The number of carbonyl (C=O) groups excluding carboxylic acids is 1. The Bertz CT molecular complexity index is 428. The summed E-state index contributed by atoms with van der Waals surface area (Å²) in [5.41, 5.74) is 5.82. The normalized spacial score (nSPS) is 12.4. The van der Waals surface area contributed by atoms with Gasteiger partial charge in [0.15, 0.2) is 0 Å². The Balaban J connectivity index is 2.46. The Labute approximate surface area is 119 Å². The number of ketones is 1. The van der Waals surface area contributed by atoms with E-state index in [0.29, 0.717) is 18.9 Å². The third kappa shape index (κ3) is 5.78. The third-order valence-corrected chi connectivity index (χ3v) is 3.51. The first-order valence-electron chi connectivity index (χ1n) is 7.22. The van der Waals surface area contributed by atoms with E-state index in [9.17, 15) is 13.6 Å². The molecule has 1 unspecified atom stereocenters. The van der Waals surface area contributed by atoms with Gasteiger partial charge in [0.2, 0.25) is 0 Å². The first-order chi connectivity index (χ1) is 9.56. The van der Waals surface area contributed by atoms with Gasteiger partial charge >= 0.3 is 0 Å². The summed E-state index contributed by atoms with van der Waals surface area (Å²) in [7, 11) is 0. The lowest BCUT2D eigenvalue weighted by Crippen LogP contribution is -2.12. The minimum absolute atomic E-state index is 0.00590. The van der Waals surface area contributed by atoms with Crippen LogP contribution in [0.3, 0.4) is 0 Å². The van der Waals surface area contributed by atoms with Crippen molar-refractivity contribution in [2.24, 2.45) is 11.7 Å². The highest BCUT2D eigenvalue weighted by atomic mass is 19.1. The number of carbonyl (C=O) groups is 1. The molecule has 2 N–H and O–H groups in total. The molecular weight excluding hydrogens is 260 g/mol. The number of nitrogens with two attached hydrogens (primary N) is 1. The van der Waals surface area contributed by atoms with Gasteiger partial charge in [0, 0.05) is 18.9 Å². The van der Waals surface area contributed by atoms with Crippen LogP contribution in [0.2, 0.25) is 0 Å². The molecule has 0 aliphatic rings. The second kappa shape index (κ2) is 8.80. The Morgan fingerprint density at radius 3 is 2.60 bits per heavy atom.